The van der Waals surface area contributed by atoms with Crippen LogP contribution >= 0.6 is 0 Å². The number of carboxylic acid groups (broad SMARTS) is 1. The third-order valence-electron chi connectivity index (χ3n) is 4.68. The highest BCUT2D eigenvalue weighted by Crippen LogP contribution is 2.23. The summed E-state index contributed by atoms with van der Waals surface area (Å²) in [5.74, 6) is -1.45. The number of carbonyl (C=O) groups excluding carboxylic acids is 2. The lowest BCUT2D eigenvalue weighted by Gasteiger charge is -2.21. The maximum atomic E-state index is 12.7. The maximum Gasteiger partial charge on any atom is 0.335 e. The fourth-order valence-electron chi connectivity index (χ4n) is 3.14. The van der Waals surface area contributed by atoms with E-state index < -0.39 is 5.97 Å². The van der Waals surface area contributed by atoms with Crippen LogP contribution in [-0.2, 0) is 4.79 Å². The van der Waals surface area contributed by atoms with Crippen LogP contribution in [-0.4, -0.2) is 47.9 Å². The number of aromatic carboxylic acids is 1. The molecule has 1 saturated heterocycles. The number of para-hydroxylation sites is 1. The minimum Gasteiger partial charge on any atom is -0.478 e. The molecule has 1 unspecified atom stereocenters. The van der Waals surface area contributed by atoms with Crippen molar-refractivity contribution >= 4 is 23.5 Å². The van der Waals surface area contributed by atoms with Gasteiger partial charge in [0.2, 0.25) is 5.91 Å². The summed E-state index contributed by atoms with van der Waals surface area (Å²) in [6.45, 7) is 0.883. The smallest absolute Gasteiger partial charge is 0.335 e. The number of hydrogen-bond donors (Lipinski definition) is 1. The molecule has 2 aromatic rings. The van der Waals surface area contributed by atoms with Crippen LogP contribution in [0.4, 0.5) is 5.69 Å². The Hall–Kier alpha value is -3.15. The molecule has 0 saturated carbocycles. The van der Waals surface area contributed by atoms with E-state index in [0.29, 0.717) is 25.1 Å². The summed E-state index contributed by atoms with van der Waals surface area (Å²) in [4.78, 5) is 39.5. The molecule has 0 spiro atoms. The quantitative estimate of drug-likeness (QED) is 0.917. The molecule has 2 amide bonds. The maximum absolute atomic E-state index is 12.7. The summed E-state index contributed by atoms with van der Waals surface area (Å²) < 4.78 is 0. The minimum absolute atomic E-state index is 0.00674. The van der Waals surface area contributed by atoms with Crippen LogP contribution in [0.15, 0.2) is 54.6 Å². The molecule has 6 nitrogen and oxygen atoms in total. The van der Waals surface area contributed by atoms with E-state index in [9.17, 15) is 14.4 Å². The zero-order chi connectivity index (χ0) is 18.7. The molecule has 26 heavy (non-hydrogen) atoms. The van der Waals surface area contributed by atoms with Crippen molar-refractivity contribution in [1.82, 2.24) is 4.90 Å². The Morgan fingerprint density at radius 3 is 2.23 bits per heavy atom. The average molecular weight is 352 g/mol. The molecule has 134 valence electrons. The van der Waals surface area contributed by atoms with Crippen LogP contribution in [0.1, 0.15) is 27.1 Å². The first-order chi connectivity index (χ1) is 12.5. The van der Waals surface area contributed by atoms with Crippen molar-refractivity contribution in [3.05, 3.63) is 65.7 Å². The summed E-state index contributed by atoms with van der Waals surface area (Å²) >= 11 is 0. The van der Waals surface area contributed by atoms with Gasteiger partial charge < -0.3 is 14.9 Å². The largest absolute Gasteiger partial charge is 0.478 e. The normalized spacial score (nSPS) is 16.3. The summed E-state index contributed by atoms with van der Waals surface area (Å²) in [6, 6.07) is 15.3. The summed E-state index contributed by atoms with van der Waals surface area (Å²) in [6.07, 6.45) is 0.620. The van der Waals surface area contributed by atoms with Gasteiger partial charge in [0.25, 0.3) is 5.91 Å². The number of nitrogens with zero attached hydrogens (tertiary/aromatic N) is 2. The zero-order valence-electron chi connectivity index (χ0n) is 14.5. The second kappa shape index (κ2) is 7.39. The number of benzene rings is 2. The van der Waals surface area contributed by atoms with Crippen molar-refractivity contribution in [2.45, 2.75) is 6.42 Å². The third-order valence-corrected chi connectivity index (χ3v) is 4.68. The van der Waals surface area contributed by atoms with Crippen molar-refractivity contribution in [1.29, 1.82) is 0 Å². The Labute approximate surface area is 151 Å². The molecule has 1 aliphatic rings. The zero-order valence-corrected chi connectivity index (χ0v) is 14.5. The molecule has 1 N–H and O–H groups in total. The summed E-state index contributed by atoms with van der Waals surface area (Å²) in [7, 11) is 1.74. The molecule has 0 aromatic heterocycles. The van der Waals surface area contributed by atoms with E-state index in [0.717, 1.165) is 5.69 Å². The van der Waals surface area contributed by atoms with Crippen molar-refractivity contribution in [3.63, 3.8) is 0 Å². The Bertz CT molecular complexity index is 817. The molecule has 0 aliphatic carbocycles. The fourth-order valence-corrected chi connectivity index (χ4v) is 3.14. The van der Waals surface area contributed by atoms with E-state index in [-0.39, 0.29) is 23.3 Å². The van der Waals surface area contributed by atoms with Gasteiger partial charge in [-0.25, -0.2) is 4.79 Å². The number of anilines is 1. The monoisotopic (exact) mass is 352 g/mol. The van der Waals surface area contributed by atoms with Gasteiger partial charge in [0, 0.05) is 31.4 Å². The predicted molar refractivity (Wildman–Crippen MR) is 97.3 cm³/mol. The molecule has 6 heteroatoms. The minimum atomic E-state index is -1.03. The van der Waals surface area contributed by atoms with Gasteiger partial charge in [0.15, 0.2) is 0 Å². The first kappa shape index (κ1) is 17.7. The first-order valence-corrected chi connectivity index (χ1v) is 8.42. The Kier molecular flexibility index (Phi) is 5.02. The van der Waals surface area contributed by atoms with Crippen LogP contribution in [0.3, 0.4) is 0 Å². The number of likely N-dealkylation sites (tertiary alicyclic amines) is 1. The topological polar surface area (TPSA) is 77.9 Å². The molecular weight excluding hydrogens is 332 g/mol. The molecular formula is C20H20N2O4. The average Bonchev–Trinajstić information content (AvgIpc) is 3.17. The fraction of sp³-hybridized carbons (Fsp3) is 0.250. The lowest BCUT2D eigenvalue weighted by Crippen LogP contribution is -2.36. The Morgan fingerprint density at radius 1 is 1.00 bits per heavy atom. The highest BCUT2D eigenvalue weighted by molar-refractivity contribution is 5.98. The van der Waals surface area contributed by atoms with E-state index in [1.165, 1.54) is 24.3 Å². The number of rotatable bonds is 4. The van der Waals surface area contributed by atoms with E-state index in [1.54, 1.807) is 16.8 Å². The van der Waals surface area contributed by atoms with Crippen LogP contribution < -0.4 is 4.90 Å². The Balaban J connectivity index is 1.65. The van der Waals surface area contributed by atoms with Gasteiger partial charge in [-0.1, -0.05) is 18.2 Å². The second-order valence-corrected chi connectivity index (χ2v) is 6.35. The van der Waals surface area contributed by atoms with Crippen LogP contribution in [0.25, 0.3) is 0 Å². The molecule has 0 radical (unpaired) electrons. The first-order valence-electron chi connectivity index (χ1n) is 8.42. The van der Waals surface area contributed by atoms with Gasteiger partial charge in [-0.05, 0) is 42.8 Å². The molecule has 2 aromatic carbocycles. The highest BCUT2D eigenvalue weighted by atomic mass is 16.4. The second-order valence-electron chi connectivity index (χ2n) is 6.35. The number of amides is 2. The predicted octanol–water partition coefficient (Wildman–Crippen LogP) is 2.51. The van der Waals surface area contributed by atoms with Gasteiger partial charge >= 0.3 is 5.97 Å². The summed E-state index contributed by atoms with van der Waals surface area (Å²) in [5, 5.41) is 8.93. The lowest BCUT2D eigenvalue weighted by molar-refractivity contribution is -0.121. The van der Waals surface area contributed by atoms with Gasteiger partial charge in [0.05, 0.1) is 11.5 Å². The molecule has 1 aliphatic heterocycles. The van der Waals surface area contributed by atoms with Crippen LogP contribution in [0, 0.1) is 5.92 Å². The van der Waals surface area contributed by atoms with E-state index >= 15 is 0 Å². The number of carbonyl (C=O) groups is 3. The molecule has 1 heterocycles. The summed E-state index contributed by atoms with van der Waals surface area (Å²) in [5.41, 5.74) is 1.39. The molecule has 3 rings (SSSR count). The van der Waals surface area contributed by atoms with Crippen molar-refractivity contribution in [3.8, 4) is 0 Å². The highest BCUT2D eigenvalue weighted by Gasteiger charge is 2.33. The van der Waals surface area contributed by atoms with Gasteiger partial charge in [0.1, 0.15) is 0 Å². The van der Waals surface area contributed by atoms with Crippen LogP contribution in [0.2, 0.25) is 0 Å². The molecule has 1 fully saturated rings. The standard InChI is InChI=1S/C20H20N2O4/c1-21(17-5-3-2-4-6-17)18(23)16-11-12-22(13-16)19(24)14-7-9-15(10-8-14)20(25)26/h2-10,16H,11-13H2,1H3,(H,25,26). The SMILES string of the molecule is CN(C(=O)C1CCN(C(=O)c2ccc(C(=O)O)cc2)C1)c1ccccc1. The third kappa shape index (κ3) is 3.59. The van der Waals surface area contributed by atoms with Gasteiger partial charge in [-0.3, -0.25) is 9.59 Å². The van der Waals surface area contributed by atoms with E-state index in [4.69, 9.17) is 5.11 Å². The number of carboxylic acids is 1. The Morgan fingerprint density at radius 2 is 1.62 bits per heavy atom. The molecule has 1 atom stereocenters. The van der Waals surface area contributed by atoms with Crippen molar-refractivity contribution in [2.24, 2.45) is 5.92 Å². The van der Waals surface area contributed by atoms with Gasteiger partial charge in [-0.15, -0.1) is 0 Å². The van der Waals surface area contributed by atoms with Crippen molar-refractivity contribution < 1.29 is 19.5 Å². The van der Waals surface area contributed by atoms with Gasteiger partial charge in [-0.2, -0.15) is 0 Å². The van der Waals surface area contributed by atoms with Crippen LogP contribution in [0.5, 0.6) is 0 Å². The van der Waals surface area contributed by atoms with Crippen molar-refractivity contribution in [2.75, 3.05) is 25.0 Å². The lowest BCUT2D eigenvalue weighted by atomic mass is 10.1. The number of hydrogen-bond acceptors (Lipinski definition) is 3. The van der Waals surface area contributed by atoms with E-state index in [1.807, 2.05) is 30.3 Å². The van der Waals surface area contributed by atoms with E-state index in [2.05, 4.69) is 0 Å². The molecule has 0 bridgehead atoms.